The van der Waals surface area contributed by atoms with E-state index in [-0.39, 0.29) is 5.91 Å². The number of nitriles is 1. The lowest BCUT2D eigenvalue weighted by molar-refractivity contribution is 0.0747. The minimum atomic E-state index is -0.0773. The molecular formula is C16H15N3O. The predicted octanol–water partition coefficient (Wildman–Crippen LogP) is 2.64. The van der Waals surface area contributed by atoms with Crippen LogP contribution in [0, 0.1) is 11.3 Å². The summed E-state index contributed by atoms with van der Waals surface area (Å²) in [5.41, 5.74) is 1.64. The number of pyridine rings is 1. The summed E-state index contributed by atoms with van der Waals surface area (Å²) < 4.78 is 0. The SMILES string of the molecule is N#CCCN(Cc1ccccc1)C(=O)c1ccncc1. The molecule has 4 nitrogen and oxygen atoms in total. The molecule has 0 fully saturated rings. The Kier molecular flexibility index (Phi) is 4.85. The number of hydrogen-bond donors (Lipinski definition) is 0. The van der Waals surface area contributed by atoms with Crippen LogP contribution in [0.25, 0.3) is 0 Å². The van der Waals surface area contributed by atoms with Crippen molar-refractivity contribution in [1.29, 1.82) is 5.26 Å². The highest BCUT2D eigenvalue weighted by atomic mass is 16.2. The van der Waals surface area contributed by atoms with E-state index in [9.17, 15) is 4.79 Å². The van der Waals surface area contributed by atoms with Gasteiger partial charge in [0.1, 0.15) is 0 Å². The van der Waals surface area contributed by atoms with Gasteiger partial charge in [-0.3, -0.25) is 9.78 Å². The molecule has 4 heteroatoms. The number of rotatable bonds is 5. The lowest BCUT2D eigenvalue weighted by Gasteiger charge is -2.21. The van der Waals surface area contributed by atoms with E-state index in [1.165, 1.54) is 0 Å². The molecule has 0 aliphatic heterocycles. The van der Waals surface area contributed by atoms with E-state index in [1.54, 1.807) is 29.4 Å². The van der Waals surface area contributed by atoms with Crippen LogP contribution in [-0.4, -0.2) is 22.3 Å². The Hall–Kier alpha value is -2.67. The molecule has 1 heterocycles. The topological polar surface area (TPSA) is 57.0 Å². The first kappa shape index (κ1) is 13.8. The third kappa shape index (κ3) is 3.66. The number of aromatic nitrogens is 1. The smallest absolute Gasteiger partial charge is 0.254 e. The molecule has 0 saturated carbocycles. The summed E-state index contributed by atoms with van der Waals surface area (Å²) in [5.74, 6) is -0.0773. The van der Waals surface area contributed by atoms with E-state index >= 15 is 0 Å². The Morgan fingerprint density at radius 1 is 1.15 bits per heavy atom. The third-order valence-corrected chi connectivity index (χ3v) is 2.92. The number of amides is 1. The molecule has 0 spiro atoms. The van der Waals surface area contributed by atoms with Gasteiger partial charge in [-0.15, -0.1) is 0 Å². The molecule has 0 aliphatic carbocycles. The average molecular weight is 265 g/mol. The second-order valence-corrected chi connectivity index (χ2v) is 4.36. The van der Waals surface area contributed by atoms with Gasteiger partial charge in [-0.25, -0.2) is 0 Å². The molecule has 0 atom stereocenters. The first-order valence-electron chi connectivity index (χ1n) is 6.41. The van der Waals surface area contributed by atoms with Crippen molar-refractivity contribution in [3.8, 4) is 6.07 Å². The first-order valence-corrected chi connectivity index (χ1v) is 6.41. The molecule has 20 heavy (non-hydrogen) atoms. The number of carbonyl (C=O) groups excluding carboxylic acids is 1. The van der Waals surface area contributed by atoms with E-state index in [1.807, 2.05) is 30.3 Å². The fourth-order valence-electron chi connectivity index (χ4n) is 1.92. The van der Waals surface area contributed by atoms with Crippen molar-refractivity contribution in [3.05, 3.63) is 66.0 Å². The van der Waals surface area contributed by atoms with Gasteiger partial charge in [-0.2, -0.15) is 5.26 Å². The molecule has 2 aromatic rings. The summed E-state index contributed by atoms with van der Waals surface area (Å²) in [4.78, 5) is 18.0. The van der Waals surface area contributed by atoms with E-state index in [0.29, 0.717) is 25.1 Å². The maximum atomic E-state index is 12.4. The molecule has 0 saturated heterocycles. The van der Waals surface area contributed by atoms with E-state index in [2.05, 4.69) is 11.1 Å². The van der Waals surface area contributed by atoms with Crippen LogP contribution in [0.5, 0.6) is 0 Å². The van der Waals surface area contributed by atoms with Crippen LogP contribution in [-0.2, 0) is 6.54 Å². The predicted molar refractivity (Wildman–Crippen MR) is 75.6 cm³/mol. The summed E-state index contributed by atoms with van der Waals surface area (Å²) >= 11 is 0. The van der Waals surface area contributed by atoms with E-state index in [4.69, 9.17) is 5.26 Å². The van der Waals surface area contributed by atoms with Gasteiger partial charge >= 0.3 is 0 Å². The maximum Gasteiger partial charge on any atom is 0.254 e. The lowest BCUT2D eigenvalue weighted by Crippen LogP contribution is -2.31. The zero-order valence-electron chi connectivity index (χ0n) is 11.1. The van der Waals surface area contributed by atoms with Crippen molar-refractivity contribution in [2.45, 2.75) is 13.0 Å². The standard InChI is InChI=1S/C16H15N3O/c17-9-4-12-19(13-14-5-2-1-3-6-14)16(20)15-7-10-18-11-8-15/h1-3,5-8,10-11H,4,12-13H2. The summed E-state index contributed by atoms with van der Waals surface area (Å²) in [6, 6.07) is 15.2. The molecule has 1 aromatic carbocycles. The quantitative estimate of drug-likeness (QED) is 0.835. The largest absolute Gasteiger partial charge is 0.333 e. The Labute approximate surface area is 118 Å². The first-order chi connectivity index (χ1) is 9.81. The molecule has 0 aliphatic rings. The van der Waals surface area contributed by atoms with Crippen molar-refractivity contribution in [2.75, 3.05) is 6.54 Å². The van der Waals surface area contributed by atoms with Gasteiger partial charge in [0.05, 0.1) is 12.5 Å². The van der Waals surface area contributed by atoms with Crippen LogP contribution in [0.15, 0.2) is 54.9 Å². The molecule has 1 aromatic heterocycles. The van der Waals surface area contributed by atoms with Crippen LogP contribution in [0.3, 0.4) is 0 Å². The Morgan fingerprint density at radius 3 is 2.50 bits per heavy atom. The van der Waals surface area contributed by atoms with Crippen LogP contribution in [0.1, 0.15) is 22.3 Å². The summed E-state index contributed by atoms with van der Waals surface area (Å²) in [7, 11) is 0. The molecular weight excluding hydrogens is 250 g/mol. The number of nitrogens with zero attached hydrogens (tertiary/aromatic N) is 3. The van der Waals surface area contributed by atoms with Gasteiger partial charge in [0, 0.05) is 31.0 Å². The highest BCUT2D eigenvalue weighted by molar-refractivity contribution is 5.94. The van der Waals surface area contributed by atoms with Gasteiger partial charge in [-0.05, 0) is 17.7 Å². The third-order valence-electron chi connectivity index (χ3n) is 2.92. The Balaban J connectivity index is 2.15. The number of hydrogen-bond acceptors (Lipinski definition) is 3. The molecule has 0 N–H and O–H groups in total. The average Bonchev–Trinajstić information content (AvgIpc) is 2.52. The summed E-state index contributed by atoms with van der Waals surface area (Å²) in [6.07, 6.45) is 3.51. The maximum absolute atomic E-state index is 12.4. The minimum Gasteiger partial charge on any atom is -0.333 e. The fourth-order valence-corrected chi connectivity index (χ4v) is 1.92. The van der Waals surface area contributed by atoms with E-state index < -0.39 is 0 Å². The molecule has 0 unspecified atom stereocenters. The second kappa shape index (κ2) is 7.05. The molecule has 1 amide bonds. The fraction of sp³-hybridized carbons (Fsp3) is 0.188. The zero-order chi connectivity index (χ0) is 14.2. The zero-order valence-corrected chi connectivity index (χ0v) is 11.1. The Bertz CT molecular complexity index is 590. The van der Waals surface area contributed by atoms with Crippen molar-refractivity contribution in [3.63, 3.8) is 0 Å². The van der Waals surface area contributed by atoms with Crippen LogP contribution in [0.2, 0.25) is 0 Å². The molecule has 2 rings (SSSR count). The monoisotopic (exact) mass is 265 g/mol. The minimum absolute atomic E-state index is 0.0773. The van der Waals surface area contributed by atoms with Crippen LogP contribution in [0.4, 0.5) is 0 Å². The number of benzene rings is 1. The van der Waals surface area contributed by atoms with Crippen LogP contribution >= 0.6 is 0 Å². The summed E-state index contributed by atoms with van der Waals surface area (Å²) in [6.45, 7) is 0.927. The highest BCUT2D eigenvalue weighted by Gasteiger charge is 2.15. The summed E-state index contributed by atoms with van der Waals surface area (Å²) in [5, 5.41) is 8.74. The van der Waals surface area contributed by atoms with Crippen LogP contribution < -0.4 is 0 Å². The highest BCUT2D eigenvalue weighted by Crippen LogP contribution is 2.10. The van der Waals surface area contributed by atoms with Gasteiger partial charge in [0.15, 0.2) is 0 Å². The van der Waals surface area contributed by atoms with Crippen molar-refractivity contribution in [2.24, 2.45) is 0 Å². The molecule has 100 valence electrons. The lowest BCUT2D eigenvalue weighted by atomic mass is 10.1. The van der Waals surface area contributed by atoms with Crippen molar-refractivity contribution < 1.29 is 4.79 Å². The van der Waals surface area contributed by atoms with Gasteiger partial charge in [0.25, 0.3) is 5.91 Å². The second-order valence-electron chi connectivity index (χ2n) is 4.36. The van der Waals surface area contributed by atoms with Gasteiger partial charge in [0.2, 0.25) is 0 Å². The Morgan fingerprint density at radius 2 is 1.85 bits per heavy atom. The normalized spacial score (nSPS) is 9.75. The van der Waals surface area contributed by atoms with Gasteiger partial charge < -0.3 is 4.90 Å². The van der Waals surface area contributed by atoms with Crippen molar-refractivity contribution in [1.82, 2.24) is 9.88 Å². The molecule has 0 radical (unpaired) electrons. The van der Waals surface area contributed by atoms with Crippen molar-refractivity contribution >= 4 is 5.91 Å². The van der Waals surface area contributed by atoms with E-state index in [0.717, 1.165) is 5.56 Å². The van der Waals surface area contributed by atoms with Gasteiger partial charge in [-0.1, -0.05) is 30.3 Å². The molecule has 0 bridgehead atoms. The number of carbonyl (C=O) groups is 1.